The minimum Gasteiger partial charge on any atom is -0.379 e. The molecule has 2 aliphatic rings. The van der Waals surface area contributed by atoms with Crippen LogP contribution in [0.25, 0.3) is 0 Å². The van der Waals surface area contributed by atoms with Crippen molar-refractivity contribution in [1.82, 2.24) is 9.80 Å². The lowest BCUT2D eigenvalue weighted by molar-refractivity contribution is 0.0242. The fraction of sp³-hybridized carbons (Fsp3) is 0.667. The number of hydrogen-bond donors (Lipinski definition) is 0. The van der Waals surface area contributed by atoms with Gasteiger partial charge in [-0.25, -0.2) is 0 Å². The number of piperidine rings is 1. The molecule has 0 N–H and O–H groups in total. The van der Waals surface area contributed by atoms with Crippen molar-refractivity contribution >= 4 is 11.8 Å². The van der Waals surface area contributed by atoms with Crippen molar-refractivity contribution in [1.29, 1.82) is 0 Å². The van der Waals surface area contributed by atoms with Crippen LogP contribution in [0.5, 0.6) is 0 Å². The minimum atomic E-state index is 0.880. The van der Waals surface area contributed by atoms with Crippen molar-refractivity contribution in [2.75, 3.05) is 52.2 Å². The van der Waals surface area contributed by atoms with Gasteiger partial charge in [-0.05, 0) is 49.7 Å². The number of likely N-dealkylation sites (tertiary alicyclic amines) is 1. The highest BCUT2D eigenvalue weighted by molar-refractivity contribution is 7.98. The summed E-state index contributed by atoms with van der Waals surface area (Å²) in [6, 6.07) is 8.83. The minimum absolute atomic E-state index is 0.880. The van der Waals surface area contributed by atoms with E-state index in [1.54, 1.807) is 0 Å². The molecule has 0 saturated carbocycles. The summed E-state index contributed by atoms with van der Waals surface area (Å²) >= 11 is 1.86. The molecule has 2 aliphatic heterocycles. The number of rotatable bonds is 5. The number of benzene rings is 1. The molecule has 0 bridgehead atoms. The van der Waals surface area contributed by atoms with Crippen LogP contribution in [-0.4, -0.2) is 62.0 Å². The Hall–Kier alpha value is -0.550. The van der Waals surface area contributed by atoms with E-state index < -0.39 is 0 Å². The molecule has 0 unspecified atom stereocenters. The summed E-state index contributed by atoms with van der Waals surface area (Å²) in [6.07, 6.45) is 4.87. The van der Waals surface area contributed by atoms with Crippen LogP contribution in [-0.2, 0) is 11.3 Å². The first-order valence-electron chi connectivity index (χ1n) is 8.49. The van der Waals surface area contributed by atoms with Crippen molar-refractivity contribution < 1.29 is 4.74 Å². The molecule has 2 fully saturated rings. The number of hydrogen-bond acceptors (Lipinski definition) is 4. The van der Waals surface area contributed by atoms with Gasteiger partial charge in [0.1, 0.15) is 0 Å². The average molecular weight is 321 g/mol. The maximum absolute atomic E-state index is 5.44. The number of nitrogens with zero attached hydrogens (tertiary/aromatic N) is 2. The van der Waals surface area contributed by atoms with Gasteiger partial charge in [-0.3, -0.25) is 9.80 Å². The lowest BCUT2D eigenvalue weighted by Crippen LogP contribution is -2.42. The lowest BCUT2D eigenvalue weighted by atomic mass is 9.95. The average Bonchev–Trinajstić information content (AvgIpc) is 2.58. The Morgan fingerprint density at radius 1 is 1.05 bits per heavy atom. The zero-order valence-electron chi connectivity index (χ0n) is 13.7. The zero-order chi connectivity index (χ0) is 15.2. The highest BCUT2D eigenvalue weighted by atomic mass is 32.2. The Labute approximate surface area is 139 Å². The molecular formula is C18H28N2OS. The van der Waals surface area contributed by atoms with Gasteiger partial charge in [-0.2, -0.15) is 0 Å². The predicted octanol–water partition coefficient (Wildman–Crippen LogP) is 2.95. The number of thioether (sulfide) groups is 1. The normalized spacial score (nSPS) is 22.0. The van der Waals surface area contributed by atoms with Crippen LogP contribution in [0.4, 0.5) is 0 Å². The number of ether oxygens (including phenoxy) is 1. The van der Waals surface area contributed by atoms with Gasteiger partial charge in [0.25, 0.3) is 0 Å². The van der Waals surface area contributed by atoms with Gasteiger partial charge in [0.15, 0.2) is 0 Å². The van der Waals surface area contributed by atoms with Crippen LogP contribution in [0.15, 0.2) is 29.2 Å². The fourth-order valence-corrected chi connectivity index (χ4v) is 4.16. The highest BCUT2D eigenvalue weighted by Gasteiger charge is 2.22. The summed E-state index contributed by atoms with van der Waals surface area (Å²) in [6.45, 7) is 8.98. The van der Waals surface area contributed by atoms with E-state index in [2.05, 4.69) is 40.3 Å². The summed E-state index contributed by atoms with van der Waals surface area (Å²) in [5.74, 6) is 0.880. The van der Waals surface area contributed by atoms with Crippen molar-refractivity contribution in [3.63, 3.8) is 0 Å². The molecule has 2 saturated heterocycles. The zero-order valence-corrected chi connectivity index (χ0v) is 14.5. The molecule has 0 atom stereocenters. The van der Waals surface area contributed by atoms with Crippen molar-refractivity contribution in [2.45, 2.75) is 24.3 Å². The fourth-order valence-electron chi connectivity index (χ4n) is 3.55. The van der Waals surface area contributed by atoms with Crippen LogP contribution in [0.3, 0.4) is 0 Å². The van der Waals surface area contributed by atoms with Gasteiger partial charge in [0.2, 0.25) is 0 Å². The maximum Gasteiger partial charge on any atom is 0.0594 e. The molecule has 1 aromatic carbocycles. The van der Waals surface area contributed by atoms with E-state index in [-0.39, 0.29) is 0 Å². The van der Waals surface area contributed by atoms with E-state index in [4.69, 9.17) is 4.74 Å². The van der Waals surface area contributed by atoms with Crippen LogP contribution < -0.4 is 0 Å². The van der Waals surface area contributed by atoms with Gasteiger partial charge in [-0.15, -0.1) is 11.8 Å². The lowest BCUT2D eigenvalue weighted by Gasteiger charge is -2.36. The Morgan fingerprint density at radius 3 is 2.50 bits per heavy atom. The topological polar surface area (TPSA) is 15.7 Å². The molecule has 0 radical (unpaired) electrons. The van der Waals surface area contributed by atoms with Gasteiger partial charge in [-0.1, -0.05) is 18.2 Å². The summed E-state index contributed by atoms with van der Waals surface area (Å²) in [4.78, 5) is 6.65. The van der Waals surface area contributed by atoms with Crippen molar-refractivity contribution in [3.8, 4) is 0 Å². The Balaban J connectivity index is 1.45. The standard InChI is InChI=1S/C18H28N2OS/c1-22-18-5-3-2-4-17(18)15-19-8-6-16(7-9-19)14-20-10-12-21-13-11-20/h2-5,16H,6-15H2,1H3. The van der Waals surface area contributed by atoms with Crippen molar-refractivity contribution in [3.05, 3.63) is 29.8 Å². The van der Waals surface area contributed by atoms with E-state index >= 15 is 0 Å². The molecule has 0 amide bonds. The Bertz CT molecular complexity index is 454. The van der Waals surface area contributed by atoms with Crippen LogP contribution in [0.2, 0.25) is 0 Å². The number of morpholine rings is 1. The molecule has 3 nitrogen and oxygen atoms in total. The Kier molecular flexibility index (Phi) is 6.19. The first-order valence-corrected chi connectivity index (χ1v) is 9.72. The van der Waals surface area contributed by atoms with Crippen LogP contribution in [0, 0.1) is 5.92 Å². The smallest absolute Gasteiger partial charge is 0.0594 e. The second-order valence-electron chi connectivity index (χ2n) is 6.44. The molecule has 1 aromatic rings. The first kappa shape index (κ1) is 16.3. The molecule has 122 valence electrons. The molecule has 0 aliphatic carbocycles. The molecule has 0 spiro atoms. The molecule has 0 aromatic heterocycles. The third kappa shape index (κ3) is 4.48. The quantitative estimate of drug-likeness (QED) is 0.775. The SMILES string of the molecule is CSc1ccccc1CN1CCC(CN2CCOCC2)CC1. The maximum atomic E-state index is 5.44. The van der Waals surface area contributed by atoms with E-state index in [0.717, 1.165) is 38.8 Å². The van der Waals surface area contributed by atoms with Crippen LogP contribution >= 0.6 is 11.8 Å². The van der Waals surface area contributed by atoms with Gasteiger partial charge in [0.05, 0.1) is 13.2 Å². The summed E-state index contributed by atoms with van der Waals surface area (Å²) < 4.78 is 5.44. The van der Waals surface area contributed by atoms with Crippen LogP contribution in [0.1, 0.15) is 18.4 Å². The molecular weight excluding hydrogens is 292 g/mol. The highest BCUT2D eigenvalue weighted by Crippen LogP contribution is 2.24. The largest absolute Gasteiger partial charge is 0.379 e. The Morgan fingerprint density at radius 2 is 1.77 bits per heavy atom. The molecule has 22 heavy (non-hydrogen) atoms. The van der Waals surface area contributed by atoms with Crippen molar-refractivity contribution in [2.24, 2.45) is 5.92 Å². The molecule has 3 rings (SSSR count). The monoisotopic (exact) mass is 320 g/mol. The van der Waals surface area contributed by atoms with E-state index in [0.29, 0.717) is 0 Å². The third-order valence-corrected chi connectivity index (χ3v) is 5.75. The van der Waals surface area contributed by atoms with Gasteiger partial charge in [0, 0.05) is 31.1 Å². The second kappa shape index (κ2) is 8.34. The predicted molar refractivity (Wildman–Crippen MR) is 93.5 cm³/mol. The van der Waals surface area contributed by atoms with Gasteiger partial charge >= 0.3 is 0 Å². The summed E-state index contributed by atoms with van der Waals surface area (Å²) in [5.41, 5.74) is 1.49. The molecule has 4 heteroatoms. The van der Waals surface area contributed by atoms with E-state index in [1.807, 2.05) is 11.8 Å². The second-order valence-corrected chi connectivity index (χ2v) is 7.29. The summed E-state index contributed by atoms with van der Waals surface area (Å²) in [7, 11) is 0. The van der Waals surface area contributed by atoms with E-state index in [1.165, 1.54) is 42.9 Å². The first-order chi connectivity index (χ1) is 10.8. The summed E-state index contributed by atoms with van der Waals surface area (Å²) in [5, 5.41) is 0. The van der Waals surface area contributed by atoms with Gasteiger partial charge < -0.3 is 4.74 Å². The third-order valence-electron chi connectivity index (χ3n) is 4.91. The molecule has 2 heterocycles. The van der Waals surface area contributed by atoms with E-state index in [9.17, 15) is 0 Å².